The Morgan fingerprint density at radius 3 is 2.05 bits per heavy atom. The van der Waals surface area contributed by atoms with Crippen molar-refractivity contribution in [1.82, 2.24) is 9.97 Å². The van der Waals surface area contributed by atoms with Gasteiger partial charge in [-0.3, -0.25) is 0 Å². The molecule has 2 aromatic heterocycles. The average Bonchev–Trinajstić information content (AvgIpc) is 3.69. The Hall–Kier alpha value is -4.89. The summed E-state index contributed by atoms with van der Waals surface area (Å²) in [5, 5.41) is 1.17. The van der Waals surface area contributed by atoms with E-state index in [2.05, 4.69) is 108 Å². The summed E-state index contributed by atoms with van der Waals surface area (Å²) in [6, 6.07) is 40.9. The zero-order valence-electron chi connectivity index (χ0n) is 19.8. The normalized spacial score (nSPS) is 16.8. The molecular weight excluding hydrogens is 452 g/mol. The molecule has 1 atom stereocenters. The topological polar surface area (TPSA) is 41.8 Å². The number of fused-ring (bicyclic) bond motifs is 13. The van der Waals surface area contributed by atoms with Gasteiger partial charge in [-0.1, -0.05) is 97.1 Å². The van der Waals surface area contributed by atoms with Gasteiger partial charge in [-0.15, -0.1) is 0 Å². The van der Waals surface area contributed by atoms with Gasteiger partial charge < -0.3 is 9.40 Å². The lowest BCUT2D eigenvalue weighted by Gasteiger charge is -2.28. The van der Waals surface area contributed by atoms with Crippen molar-refractivity contribution in [3.05, 3.63) is 138 Å². The molecule has 0 saturated carbocycles. The van der Waals surface area contributed by atoms with Crippen molar-refractivity contribution in [3.8, 4) is 33.6 Å². The average molecular weight is 473 g/mol. The minimum Gasteiger partial charge on any atom is -0.459 e. The Bertz CT molecular complexity index is 2030. The molecule has 3 heteroatoms. The van der Waals surface area contributed by atoms with Crippen LogP contribution in [0, 0.1) is 0 Å². The summed E-state index contributed by atoms with van der Waals surface area (Å²) in [6.07, 6.45) is 0. The second-order valence-corrected chi connectivity index (χ2v) is 9.97. The van der Waals surface area contributed by atoms with Crippen LogP contribution in [0.25, 0.3) is 55.6 Å². The van der Waals surface area contributed by atoms with Crippen LogP contribution in [0.3, 0.4) is 0 Å². The van der Waals surface area contributed by atoms with Gasteiger partial charge in [0.15, 0.2) is 0 Å². The standard InChI is InChI=1S/C34H20N2O/c1-4-14-24-20(10-1)30-23(33-35-27-17-6-7-18-28(27)36-33)13-9-16-26(30)34(24)25-15-5-2-11-21(25)31-22-12-3-8-19-29(22)37-32(31)34/h1-19H,(H,35,36). The number of rotatable bonds is 1. The number of hydrogen-bond acceptors (Lipinski definition) is 2. The van der Waals surface area contributed by atoms with E-state index in [4.69, 9.17) is 9.40 Å². The largest absolute Gasteiger partial charge is 0.459 e. The fourth-order valence-corrected chi connectivity index (χ4v) is 6.87. The summed E-state index contributed by atoms with van der Waals surface area (Å²) in [5.74, 6) is 1.91. The molecule has 0 fully saturated rings. The number of imidazole rings is 1. The summed E-state index contributed by atoms with van der Waals surface area (Å²) in [5.41, 5.74) is 12.3. The van der Waals surface area contributed by atoms with Gasteiger partial charge in [0.25, 0.3) is 0 Å². The first-order valence-corrected chi connectivity index (χ1v) is 12.7. The first-order chi connectivity index (χ1) is 18.4. The third-order valence-electron chi connectivity index (χ3n) is 8.25. The molecule has 1 unspecified atom stereocenters. The van der Waals surface area contributed by atoms with Gasteiger partial charge in [0.05, 0.1) is 11.0 Å². The Kier molecular flexibility index (Phi) is 3.47. The first-order valence-electron chi connectivity index (χ1n) is 12.7. The van der Waals surface area contributed by atoms with Crippen molar-refractivity contribution in [1.29, 1.82) is 0 Å². The smallest absolute Gasteiger partial charge is 0.139 e. The molecule has 2 aliphatic carbocycles. The monoisotopic (exact) mass is 472 g/mol. The van der Waals surface area contributed by atoms with Crippen LogP contribution in [-0.4, -0.2) is 9.97 Å². The van der Waals surface area contributed by atoms with Gasteiger partial charge in [-0.05, 0) is 51.6 Å². The van der Waals surface area contributed by atoms with Crippen molar-refractivity contribution in [2.75, 3.05) is 0 Å². The minimum atomic E-state index is -0.515. The fraction of sp³-hybridized carbons (Fsp3) is 0.0294. The summed E-state index contributed by atoms with van der Waals surface area (Å²) in [7, 11) is 0. The lowest BCUT2D eigenvalue weighted by atomic mass is 9.73. The third-order valence-corrected chi connectivity index (χ3v) is 8.25. The lowest BCUT2D eigenvalue weighted by molar-refractivity contribution is 0.507. The number of aromatic nitrogens is 2. The molecule has 3 nitrogen and oxygen atoms in total. The molecule has 172 valence electrons. The summed E-state index contributed by atoms with van der Waals surface area (Å²) in [4.78, 5) is 8.57. The minimum absolute atomic E-state index is 0.515. The van der Waals surface area contributed by atoms with Crippen molar-refractivity contribution >= 4 is 22.0 Å². The van der Waals surface area contributed by atoms with E-state index < -0.39 is 5.41 Å². The maximum atomic E-state index is 6.81. The van der Waals surface area contributed by atoms with Crippen molar-refractivity contribution in [2.24, 2.45) is 0 Å². The summed E-state index contributed by atoms with van der Waals surface area (Å²) >= 11 is 0. The number of para-hydroxylation sites is 3. The van der Waals surface area contributed by atoms with Gasteiger partial charge in [0.2, 0.25) is 0 Å². The highest BCUT2D eigenvalue weighted by molar-refractivity contribution is 6.05. The van der Waals surface area contributed by atoms with Crippen LogP contribution in [0.5, 0.6) is 0 Å². The van der Waals surface area contributed by atoms with Crippen LogP contribution >= 0.6 is 0 Å². The van der Waals surface area contributed by atoms with E-state index in [-0.39, 0.29) is 0 Å². The lowest BCUT2D eigenvalue weighted by Crippen LogP contribution is -2.25. The molecule has 5 aromatic carbocycles. The van der Waals surface area contributed by atoms with Crippen LogP contribution in [0.1, 0.15) is 22.5 Å². The zero-order chi connectivity index (χ0) is 24.1. The highest BCUT2D eigenvalue weighted by Gasteiger charge is 2.55. The van der Waals surface area contributed by atoms with Crippen LogP contribution < -0.4 is 0 Å². The van der Waals surface area contributed by atoms with Crippen molar-refractivity contribution in [3.63, 3.8) is 0 Å². The zero-order valence-corrected chi connectivity index (χ0v) is 19.8. The molecule has 7 aromatic rings. The van der Waals surface area contributed by atoms with Gasteiger partial charge in [0.1, 0.15) is 22.6 Å². The molecule has 37 heavy (non-hydrogen) atoms. The van der Waals surface area contributed by atoms with Crippen molar-refractivity contribution in [2.45, 2.75) is 5.41 Å². The second-order valence-electron chi connectivity index (χ2n) is 9.97. The maximum absolute atomic E-state index is 6.81. The van der Waals surface area contributed by atoms with E-state index in [9.17, 15) is 0 Å². The second kappa shape index (κ2) is 6.65. The van der Waals surface area contributed by atoms with E-state index in [1.165, 1.54) is 44.3 Å². The van der Waals surface area contributed by atoms with Crippen LogP contribution in [0.4, 0.5) is 0 Å². The third kappa shape index (κ3) is 2.21. The van der Waals surface area contributed by atoms with E-state index >= 15 is 0 Å². The highest BCUT2D eigenvalue weighted by atomic mass is 16.3. The van der Waals surface area contributed by atoms with E-state index in [0.29, 0.717) is 0 Å². The van der Waals surface area contributed by atoms with Crippen LogP contribution in [0.15, 0.2) is 120 Å². The van der Waals surface area contributed by atoms with E-state index in [1.807, 2.05) is 12.1 Å². The Labute approximate surface area is 213 Å². The fourth-order valence-electron chi connectivity index (χ4n) is 6.87. The van der Waals surface area contributed by atoms with Gasteiger partial charge >= 0.3 is 0 Å². The van der Waals surface area contributed by atoms with Crippen LogP contribution in [0.2, 0.25) is 0 Å². The Balaban J connectivity index is 1.45. The van der Waals surface area contributed by atoms with E-state index in [1.54, 1.807) is 0 Å². The number of H-pyrrole nitrogens is 1. The highest BCUT2D eigenvalue weighted by Crippen LogP contribution is 2.65. The molecule has 1 spiro atoms. The van der Waals surface area contributed by atoms with Gasteiger partial charge in [0, 0.05) is 16.5 Å². The Morgan fingerprint density at radius 2 is 1.22 bits per heavy atom. The number of benzene rings is 5. The predicted octanol–water partition coefficient (Wildman–Crippen LogP) is 8.32. The molecule has 0 saturated heterocycles. The van der Waals surface area contributed by atoms with Crippen LogP contribution in [-0.2, 0) is 5.41 Å². The Morgan fingerprint density at radius 1 is 0.568 bits per heavy atom. The SMILES string of the molecule is c1ccc2c(c1)-c1c(-c3nc4ccccc4[nH]3)cccc1C21c2ccccc2-c2c1oc1ccccc21. The predicted molar refractivity (Wildman–Crippen MR) is 148 cm³/mol. The first kappa shape index (κ1) is 19.3. The quantitative estimate of drug-likeness (QED) is 0.261. The molecule has 2 aliphatic rings. The van der Waals surface area contributed by atoms with E-state index in [0.717, 1.165) is 33.8 Å². The summed E-state index contributed by atoms with van der Waals surface area (Å²) < 4.78 is 6.81. The van der Waals surface area contributed by atoms with Gasteiger partial charge in [-0.25, -0.2) is 4.98 Å². The summed E-state index contributed by atoms with van der Waals surface area (Å²) in [6.45, 7) is 0. The number of furan rings is 1. The van der Waals surface area contributed by atoms with Crippen molar-refractivity contribution < 1.29 is 4.42 Å². The molecule has 0 amide bonds. The molecular formula is C34H20N2O. The van der Waals surface area contributed by atoms with Gasteiger partial charge in [-0.2, -0.15) is 0 Å². The number of nitrogens with one attached hydrogen (secondary N) is 1. The number of aromatic amines is 1. The molecule has 1 N–H and O–H groups in total. The number of nitrogens with zero attached hydrogens (tertiary/aromatic N) is 1. The molecule has 9 rings (SSSR count). The number of hydrogen-bond donors (Lipinski definition) is 1. The maximum Gasteiger partial charge on any atom is 0.139 e. The molecule has 0 bridgehead atoms. The molecule has 0 aliphatic heterocycles. The molecule has 0 radical (unpaired) electrons. The molecule has 2 heterocycles.